The molecule has 1 aromatic heterocycles. The molecule has 0 radical (unpaired) electrons. The Kier molecular flexibility index (Phi) is 6.60. The first kappa shape index (κ1) is 22.8. The average Bonchev–Trinajstić information content (AvgIpc) is 3.09. The van der Waals surface area contributed by atoms with E-state index in [1.165, 1.54) is 12.1 Å². The van der Waals surface area contributed by atoms with Crippen LogP contribution in [0.3, 0.4) is 0 Å². The Labute approximate surface area is 192 Å². The van der Waals surface area contributed by atoms with Gasteiger partial charge in [0.1, 0.15) is 11.5 Å². The average molecular weight is 556 g/mol. The molecule has 1 atom stereocenters. The summed E-state index contributed by atoms with van der Waals surface area (Å²) in [6.07, 6.45) is 0. The molecular formula is C21H21Br2N2O4P. The highest BCUT2D eigenvalue weighted by Crippen LogP contribution is 2.62. The molecular weight excluding hydrogens is 535 g/mol. The van der Waals surface area contributed by atoms with Gasteiger partial charge in [-0.05, 0) is 65.3 Å². The molecule has 0 bridgehead atoms. The van der Waals surface area contributed by atoms with E-state index in [4.69, 9.17) is 13.7 Å². The second-order valence-corrected chi connectivity index (χ2v) is 12.8. The van der Waals surface area contributed by atoms with Crippen molar-refractivity contribution in [2.45, 2.75) is 32.9 Å². The van der Waals surface area contributed by atoms with Gasteiger partial charge in [0.05, 0.1) is 15.1 Å². The van der Waals surface area contributed by atoms with Crippen LogP contribution in [0.4, 0.5) is 11.4 Å². The van der Waals surface area contributed by atoms with E-state index in [-0.39, 0.29) is 5.69 Å². The largest absolute Gasteiger partial charge is 0.457 e. The molecule has 0 unspecified atom stereocenters. The van der Waals surface area contributed by atoms with Gasteiger partial charge in [0.15, 0.2) is 5.50 Å². The Balaban J connectivity index is 2.26. The first-order valence-corrected chi connectivity index (χ1v) is 12.3. The molecule has 3 rings (SSSR count). The van der Waals surface area contributed by atoms with Crippen LogP contribution < -0.4 is 10.0 Å². The van der Waals surface area contributed by atoms with Gasteiger partial charge >= 0.3 is 0 Å². The number of hydrogen-bond acceptors (Lipinski definition) is 5. The van der Waals surface area contributed by atoms with Gasteiger partial charge in [0.2, 0.25) is 7.28 Å². The highest BCUT2D eigenvalue weighted by molar-refractivity contribution is 9.11. The van der Waals surface area contributed by atoms with Crippen molar-refractivity contribution in [1.29, 1.82) is 0 Å². The van der Waals surface area contributed by atoms with E-state index >= 15 is 0 Å². The third-order valence-corrected chi connectivity index (χ3v) is 9.12. The number of halogens is 2. The van der Waals surface area contributed by atoms with E-state index in [1.807, 2.05) is 37.3 Å². The van der Waals surface area contributed by atoms with Gasteiger partial charge in [-0.1, -0.05) is 36.7 Å². The van der Waals surface area contributed by atoms with Gasteiger partial charge in [0.25, 0.3) is 5.69 Å². The lowest BCUT2D eigenvalue weighted by molar-refractivity contribution is -0.384. The van der Waals surface area contributed by atoms with Gasteiger partial charge in [-0.15, -0.1) is 0 Å². The van der Waals surface area contributed by atoms with E-state index in [1.54, 1.807) is 12.1 Å². The van der Waals surface area contributed by atoms with Crippen LogP contribution in [0.1, 0.15) is 26.5 Å². The molecule has 0 saturated heterocycles. The Morgan fingerprint density at radius 2 is 1.73 bits per heavy atom. The van der Waals surface area contributed by atoms with Crippen LogP contribution in [-0.2, 0) is 0 Å². The number of non-ortho nitro benzene ring substituents is 1. The quantitative estimate of drug-likeness (QED) is 0.182. The van der Waals surface area contributed by atoms with Crippen LogP contribution in [-0.4, -0.2) is 10.1 Å². The summed E-state index contributed by atoms with van der Waals surface area (Å²) in [5.41, 5.74) is 1.26. The van der Waals surface area contributed by atoms with Crippen LogP contribution in [0, 0.1) is 17.0 Å². The molecule has 0 N–H and O–H groups in total. The summed E-state index contributed by atoms with van der Waals surface area (Å²) in [4.78, 5) is 10.6. The second kappa shape index (κ2) is 8.69. The van der Waals surface area contributed by atoms with Crippen LogP contribution in [0.5, 0.6) is 5.75 Å². The molecule has 30 heavy (non-hydrogen) atoms. The number of benzene rings is 2. The molecule has 2 aromatic carbocycles. The molecule has 1 heterocycles. The van der Waals surface area contributed by atoms with Gasteiger partial charge in [0, 0.05) is 21.8 Å². The van der Waals surface area contributed by atoms with Crippen LogP contribution in [0.25, 0.3) is 0 Å². The Morgan fingerprint density at radius 1 is 1.07 bits per heavy atom. The molecule has 0 saturated carbocycles. The van der Waals surface area contributed by atoms with Gasteiger partial charge in [-0.25, -0.2) is 4.74 Å². The van der Waals surface area contributed by atoms with Crippen molar-refractivity contribution in [3.05, 3.63) is 79.4 Å². The molecule has 0 aliphatic carbocycles. The number of aryl methyl sites for hydroxylation is 1. The minimum atomic E-state index is -2.79. The van der Waals surface area contributed by atoms with Crippen molar-refractivity contribution in [3.8, 4) is 5.75 Å². The summed E-state index contributed by atoms with van der Waals surface area (Å²) in [6, 6.07) is 15.6. The number of nitro groups is 1. The second-order valence-electron chi connectivity index (χ2n) is 7.67. The van der Waals surface area contributed by atoms with Crippen molar-refractivity contribution in [3.63, 3.8) is 0 Å². The fraction of sp³-hybridized carbons (Fsp3) is 0.238. The number of rotatable bonds is 5. The maximum atomic E-state index is 11.0. The smallest absolute Gasteiger partial charge is 0.269 e. The lowest BCUT2D eigenvalue weighted by Crippen LogP contribution is -2.26. The molecule has 0 aliphatic rings. The SMILES string of the molecule is Cc1ccc([P@](=Nc2ccc([N+](=O)[O-])cc2)(Oc2ccc(Br)cc2Br)C(C)(C)C)o1. The summed E-state index contributed by atoms with van der Waals surface area (Å²) < 4.78 is 19.5. The number of nitrogens with zero attached hydrogens (tertiary/aromatic N) is 2. The van der Waals surface area contributed by atoms with Crippen LogP contribution in [0.15, 0.2) is 72.7 Å². The van der Waals surface area contributed by atoms with E-state index in [2.05, 4.69) is 52.6 Å². The van der Waals surface area contributed by atoms with Crippen molar-refractivity contribution < 1.29 is 13.9 Å². The molecule has 0 amide bonds. The first-order chi connectivity index (χ1) is 14.0. The Hall–Kier alpha value is -1.89. The van der Waals surface area contributed by atoms with Crippen molar-refractivity contribution in [1.82, 2.24) is 0 Å². The highest BCUT2D eigenvalue weighted by atomic mass is 79.9. The van der Waals surface area contributed by atoms with E-state index in [0.29, 0.717) is 16.9 Å². The predicted octanol–water partition coefficient (Wildman–Crippen LogP) is 7.97. The zero-order chi connectivity index (χ0) is 22.1. The summed E-state index contributed by atoms with van der Waals surface area (Å²) in [6.45, 7) is 8.04. The highest BCUT2D eigenvalue weighted by Gasteiger charge is 2.42. The minimum Gasteiger partial charge on any atom is -0.457 e. The first-order valence-electron chi connectivity index (χ1n) is 9.10. The predicted molar refractivity (Wildman–Crippen MR) is 127 cm³/mol. The Morgan fingerprint density at radius 3 is 2.23 bits per heavy atom. The summed E-state index contributed by atoms with van der Waals surface area (Å²) in [5, 5.41) is 10.6. The lowest BCUT2D eigenvalue weighted by Gasteiger charge is -2.35. The molecule has 158 valence electrons. The van der Waals surface area contributed by atoms with Crippen molar-refractivity contribution >= 4 is 56.0 Å². The summed E-state index contributed by atoms with van der Waals surface area (Å²) in [5.74, 6) is 1.40. The molecule has 9 heteroatoms. The molecule has 3 aromatic rings. The number of nitro benzene ring substituents is 1. The third-order valence-electron chi connectivity index (χ3n) is 4.38. The van der Waals surface area contributed by atoms with Crippen molar-refractivity contribution in [2.75, 3.05) is 0 Å². The van der Waals surface area contributed by atoms with Gasteiger partial charge in [-0.3, -0.25) is 10.1 Å². The fourth-order valence-corrected chi connectivity index (χ4v) is 6.98. The monoisotopic (exact) mass is 554 g/mol. The zero-order valence-corrected chi connectivity index (χ0v) is 21.0. The number of hydrogen-bond donors (Lipinski definition) is 0. The lowest BCUT2D eigenvalue weighted by atomic mass is 10.3. The minimum absolute atomic E-state index is 0.0130. The topological polar surface area (TPSA) is 77.9 Å². The molecule has 0 fully saturated rings. The summed E-state index contributed by atoms with van der Waals surface area (Å²) >= 11 is 7.03. The number of furan rings is 1. The fourth-order valence-electron chi connectivity index (χ4n) is 2.81. The van der Waals surface area contributed by atoms with E-state index in [0.717, 1.165) is 14.7 Å². The summed E-state index contributed by atoms with van der Waals surface area (Å²) in [7, 11) is -2.79. The molecule has 0 spiro atoms. The van der Waals surface area contributed by atoms with Crippen LogP contribution in [0.2, 0.25) is 0 Å². The van der Waals surface area contributed by atoms with E-state index in [9.17, 15) is 10.1 Å². The standard InChI is InChI=1S/C21H21Br2N2O4P/c1-14-5-12-20(28-14)30(21(2,3)4,29-19-11-6-15(22)13-18(19)23)24-16-7-9-17(10-8-16)25(26)27/h5-13H,1-4H3/t30-/m0/s1. The van der Waals surface area contributed by atoms with E-state index < -0.39 is 17.4 Å². The molecule has 6 nitrogen and oxygen atoms in total. The normalized spacial score (nSPS) is 13.5. The van der Waals surface area contributed by atoms with Crippen molar-refractivity contribution in [2.24, 2.45) is 4.74 Å². The maximum Gasteiger partial charge on any atom is 0.269 e. The zero-order valence-electron chi connectivity index (χ0n) is 16.9. The Bertz CT molecular complexity index is 1130. The third kappa shape index (κ3) is 4.71. The molecule has 0 aliphatic heterocycles. The van der Waals surface area contributed by atoms with Gasteiger partial charge < -0.3 is 8.94 Å². The van der Waals surface area contributed by atoms with Crippen LogP contribution >= 0.6 is 39.1 Å². The maximum absolute atomic E-state index is 11.0. The van der Waals surface area contributed by atoms with Gasteiger partial charge in [-0.2, -0.15) is 0 Å².